The van der Waals surface area contributed by atoms with E-state index in [-0.39, 0.29) is 0 Å². The number of para-hydroxylation sites is 3. The molecule has 3 heterocycles. The molecule has 3 aromatic heterocycles. The molecule has 0 atom stereocenters. The quantitative estimate of drug-likeness (QED) is 0.172. The van der Waals surface area contributed by atoms with Crippen molar-refractivity contribution in [3.8, 4) is 62.1 Å². The number of furan rings is 1. The van der Waals surface area contributed by atoms with E-state index in [1.807, 2.05) is 66.7 Å². The Morgan fingerprint density at radius 2 is 0.875 bits per heavy atom. The van der Waals surface area contributed by atoms with Gasteiger partial charge in [-0.05, 0) is 46.5 Å². The Morgan fingerprint density at radius 1 is 0.357 bits per heavy atom. The summed E-state index contributed by atoms with van der Waals surface area (Å²) in [5, 5.41) is 4.39. The van der Waals surface area contributed by atoms with Gasteiger partial charge in [-0.15, -0.1) is 0 Å². The van der Waals surface area contributed by atoms with Crippen LogP contribution in [0.2, 0.25) is 0 Å². The normalized spacial score (nSPS) is 11.6. The number of aromatic nitrogens is 4. The lowest BCUT2D eigenvalue weighted by Crippen LogP contribution is -2.02. The summed E-state index contributed by atoms with van der Waals surface area (Å²) in [6.45, 7) is 0. The van der Waals surface area contributed by atoms with E-state index in [4.69, 9.17) is 19.4 Å². The molecule has 0 aliphatic heterocycles. The zero-order chi connectivity index (χ0) is 37.0. The van der Waals surface area contributed by atoms with Crippen molar-refractivity contribution in [3.05, 3.63) is 194 Å². The molecule has 0 aliphatic rings. The summed E-state index contributed by atoms with van der Waals surface area (Å²) < 4.78 is 9.22. The number of benzene rings is 8. The zero-order valence-corrected chi connectivity index (χ0v) is 30.2. The van der Waals surface area contributed by atoms with Gasteiger partial charge in [0.05, 0.1) is 16.7 Å². The monoisotopic (exact) mass is 716 g/mol. The molecule has 5 heteroatoms. The minimum Gasteiger partial charge on any atom is -0.454 e. The van der Waals surface area contributed by atoms with Crippen molar-refractivity contribution in [1.29, 1.82) is 0 Å². The van der Waals surface area contributed by atoms with Crippen LogP contribution in [0.15, 0.2) is 199 Å². The van der Waals surface area contributed by atoms with Crippen LogP contribution in [0.25, 0.3) is 106 Å². The predicted molar refractivity (Wildman–Crippen MR) is 229 cm³/mol. The first-order valence-electron chi connectivity index (χ1n) is 18.8. The molecule has 0 fully saturated rings. The van der Waals surface area contributed by atoms with Crippen molar-refractivity contribution < 1.29 is 4.42 Å². The molecular formula is C51H32N4O. The van der Waals surface area contributed by atoms with Crippen LogP contribution in [0.1, 0.15) is 0 Å². The fourth-order valence-electron chi connectivity index (χ4n) is 8.10. The highest BCUT2D eigenvalue weighted by molar-refractivity contribution is 6.17. The molecule has 0 bridgehead atoms. The summed E-state index contributed by atoms with van der Waals surface area (Å²) in [4.78, 5) is 15.3. The maximum Gasteiger partial charge on any atom is 0.166 e. The molecular weight excluding hydrogens is 685 g/mol. The molecule has 11 aromatic rings. The van der Waals surface area contributed by atoms with Gasteiger partial charge in [0, 0.05) is 38.2 Å². The smallest absolute Gasteiger partial charge is 0.166 e. The second kappa shape index (κ2) is 13.0. The Bertz CT molecular complexity index is 3160. The maximum atomic E-state index is 6.90. The summed E-state index contributed by atoms with van der Waals surface area (Å²) >= 11 is 0. The summed E-state index contributed by atoms with van der Waals surface area (Å²) in [7, 11) is 0. The van der Waals surface area contributed by atoms with Crippen LogP contribution >= 0.6 is 0 Å². The number of nitrogens with zero attached hydrogens (tertiary/aromatic N) is 4. The molecule has 0 N–H and O–H groups in total. The minimum absolute atomic E-state index is 0.602. The third kappa shape index (κ3) is 5.21. The van der Waals surface area contributed by atoms with Gasteiger partial charge in [0.1, 0.15) is 5.58 Å². The summed E-state index contributed by atoms with van der Waals surface area (Å²) in [5.74, 6) is 1.85. The Hall–Kier alpha value is -7.63. The highest BCUT2D eigenvalue weighted by atomic mass is 16.3. The van der Waals surface area contributed by atoms with E-state index < -0.39 is 0 Å². The van der Waals surface area contributed by atoms with Crippen LogP contribution in [0.5, 0.6) is 0 Å². The number of hydrogen-bond donors (Lipinski definition) is 0. The predicted octanol–water partition coefficient (Wildman–Crippen LogP) is 13.2. The molecule has 0 aliphatic carbocycles. The number of rotatable bonds is 6. The van der Waals surface area contributed by atoms with E-state index >= 15 is 0 Å². The van der Waals surface area contributed by atoms with Crippen LogP contribution in [0, 0.1) is 0 Å². The van der Waals surface area contributed by atoms with E-state index in [0.29, 0.717) is 17.5 Å². The third-order valence-electron chi connectivity index (χ3n) is 10.7. The maximum absolute atomic E-state index is 6.90. The fourth-order valence-corrected chi connectivity index (χ4v) is 8.10. The van der Waals surface area contributed by atoms with Gasteiger partial charge in [-0.3, -0.25) is 0 Å². The van der Waals surface area contributed by atoms with E-state index in [2.05, 4.69) is 132 Å². The molecule has 0 spiro atoms. The first-order chi connectivity index (χ1) is 27.8. The average molecular weight is 717 g/mol. The number of hydrogen-bond acceptors (Lipinski definition) is 4. The van der Waals surface area contributed by atoms with Crippen LogP contribution in [0.3, 0.4) is 0 Å². The first-order valence-corrected chi connectivity index (χ1v) is 18.8. The second-order valence-electron chi connectivity index (χ2n) is 14.0. The average Bonchev–Trinajstić information content (AvgIpc) is 3.84. The SMILES string of the molecule is c1ccc(-c2ccc(-c3cccc4oc5c(-n6c7ccccc7c7cccc(-c8nc(-c9ccccc9)nc(-c9ccccc9)n8)c76)cccc5c34)cc2)cc1. The van der Waals surface area contributed by atoms with E-state index in [1.54, 1.807) is 0 Å². The van der Waals surface area contributed by atoms with Crippen molar-refractivity contribution in [2.45, 2.75) is 0 Å². The molecule has 8 aromatic carbocycles. The lowest BCUT2D eigenvalue weighted by molar-refractivity contribution is 0.666. The topological polar surface area (TPSA) is 56.7 Å². The van der Waals surface area contributed by atoms with Crippen molar-refractivity contribution in [2.75, 3.05) is 0 Å². The minimum atomic E-state index is 0.602. The lowest BCUT2D eigenvalue weighted by Gasteiger charge is -2.13. The standard InChI is InChI=1S/C51H32N4O/c1-4-15-33(16-5-1)34-29-31-35(32-30-34)38-22-14-28-45-46(38)41-24-13-27-44(48(41)56-45)55-43-26-11-10-21-39(43)40-23-12-25-42(47(40)55)51-53-49(36-17-6-2-7-18-36)52-50(54-51)37-19-8-3-9-20-37/h1-32H. The Kier molecular flexibility index (Phi) is 7.42. The molecule has 0 unspecified atom stereocenters. The zero-order valence-electron chi connectivity index (χ0n) is 30.2. The van der Waals surface area contributed by atoms with E-state index in [1.165, 1.54) is 11.1 Å². The highest BCUT2D eigenvalue weighted by Gasteiger charge is 2.23. The van der Waals surface area contributed by atoms with Gasteiger partial charge in [0.15, 0.2) is 23.1 Å². The molecule has 0 amide bonds. The molecule has 5 nitrogen and oxygen atoms in total. The van der Waals surface area contributed by atoms with Crippen LogP contribution in [-0.2, 0) is 0 Å². The summed E-state index contributed by atoms with van der Waals surface area (Å²) in [6.07, 6.45) is 0. The number of fused-ring (bicyclic) bond motifs is 6. The Morgan fingerprint density at radius 3 is 1.59 bits per heavy atom. The second-order valence-corrected chi connectivity index (χ2v) is 14.0. The fraction of sp³-hybridized carbons (Fsp3) is 0. The largest absolute Gasteiger partial charge is 0.454 e. The van der Waals surface area contributed by atoms with E-state index in [0.717, 1.165) is 77.2 Å². The van der Waals surface area contributed by atoms with Crippen LogP contribution in [0.4, 0.5) is 0 Å². The van der Waals surface area contributed by atoms with Crippen molar-refractivity contribution in [2.24, 2.45) is 0 Å². The molecule has 11 rings (SSSR count). The van der Waals surface area contributed by atoms with Gasteiger partial charge in [-0.2, -0.15) is 0 Å². The third-order valence-corrected chi connectivity index (χ3v) is 10.7. The molecule has 0 saturated carbocycles. The molecule has 56 heavy (non-hydrogen) atoms. The van der Waals surface area contributed by atoms with Crippen LogP contribution < -0.4 is 0 Å². The van der Waals surface area contributed by atoms with Crippen molar-refractivity contribution >= 4 is 43.7 Å². The molecule has 0 radical (unpaired) electrons. The molecule has 0 saturated heterocycles. The van der Waals surface area contributed by atoms with Gasteiger partial charge >= 0.3 is 0 Å². The lowest BCUT2D eigenvalue weighted by atomic mass is 9.97. The van der Waals surface area contributed by atoms with Gasteiger partial charge in [0.2, 0.25) is 0 Å². The van der Waals surface area contributed by atoms with Gasteiger partial charge < -0.3 is 8.98 Å². The van der Waals surface area contributed by atoms with Crippen molar-refractivity contribution in [3.63, 3.8) is 0 Å². The Labute approximate surface area is 322 Å². The van der Waals surface area contributed by atoms with Crippen LogP contribution in [-0.4, -0.2) is 19.5 Å². The molecule has 262 valence electrons. The summed E-state index contributed by atoms with van der Waals surface area (Å²) in [5.41, 5.74) is 12.1. The highest BCUT2D eigenvalue weighted by Crippen LogP contribution is 2.43. The Balaban J connectivity index is 1.15. The van der Waals surface area contributed by atoms with Crippen molar-refractivity contribution in [1.82, 2.24) is 19.5 Å². The summed E-state index contributed by atoms with van der Waals surface area (Å²) in [6, 6.07) is 67.3. The van der Waals surface area contributed by atoms with Gasteiger partial charge in [-0.25, -0.2) is 15.0 Å². The van der Waals surface area contributed by atoms with Gasteiger partial charge in [0.25, 0.3) is 0 Å². The van der Waals surface area contributed by atoms with E-state index in [9.17, 15) is 0 Å². The van der Waals surface area contributed by atoms with Gasteiger partial charge in [-0.1, -0.05) is 170 Å². The first kappa shape index (κ1) is 31.9.